The van der Waals surface area contributed by atoms with Gasteiger partial charge in [-0.15, -0.1) is 11.6 Å². The van der Waals surface area contributed by atoms with Gasteiger partial charge in [0.05, 0.1) is 17.5 Å². The van der Waals surface area contributed by atoms with Crippen LogP contribution in [0.25, 0.3) is 0 Å². The lowest BCUT2D eigenvalue weighted by Crippen LogP contribution is -2.00. The van der Waals surface area contributed by atoms with Crippen molar-refractivity contribution in [1.29, 1.82) is 0 Å². The van der Waals surface area contributed by atoms with E-state index in [1.807, 2.05) is 0 Å². The van der Waals surface area contributed by atoms with Crippen LogP contribution >= 0.6 is 50.7 Å². The number of methoxy groups -OCH3 is 1. The van der Waals surface area contributed by atoms with Gasteiger partial charge in [0, 0.05) is 20.6 Å². The van der Waals surface area contributed by atoms with Crippen molar-refractivity contribution in [2.45, 2.75) is 5.38 Å². The van der Waals surface area contributed by atoms with Gasteiger partial charge in [-0.3, -0.25) is 0 Å². The molecule has 0 saturated carbocycles. The molecule has 0 aliphatic rings. The summed E-state index contributed by atoms with van der Waals surface area (Å²) in [5, 5.41) is 0.177. The third-order valence-corrected chi connectivity index (χ3v) is 4.68. The molecule has 106 valence electrons. The van der Waals surface area contributed by atoms with Crippen molar-refractivity contribution in [3.63, 3.8) is 0 Å². The van der Waals surface area contributed by atoms with E-state index in [2.05, 4.69) is 15.9 Å². The molecular weight excluding hydrogens is 389 g/mol. The van der Waals surface area contributed by atoms with E-state index < -0.39 is 11.2 Å². The number of benzene rings is 2. The molecule has 1 atom stereocenters. The second-order valence-electron chi connectivity index (χ2n) is 4.04. The van der Waals surface area contributed by atoms with E-state index in [1.54, 1.807) is 18.2 Å². The maximum Gasteiger partial charge on any atom is 0.129 e. The molecule has 0 spiro atoms. The van der Waals surface area contributed by atoms with Crippen LogP contribution in [0.3, 0.4) is 0 Å². The topological polar surface area (TPSA) is 9.23 Å². The molecule has 6 heteroatoms. The van der Waals surface area contributed by atoms with Crippen molar-refractivity contribution in [3.8, 4) is 5.75 Å². The zero-order valence-corrected chi connectivity index (χ0v) is 14.1. The molecule has 20 heavy (non-hydrogen) atoms. The lowest BCUT2D eigenvalue weighted by atomic mass is 10.0. The van der Waals surface area contributed by atoms with E-state index >= 15 is 0 Å². The molecule has 0 aromatic heterocycles. The minimum Gasteiger partial charge on any atom is -0.496 e. The van der Waals surface area contributed by atoms with Gasteiger partial charge in [0.25, 0.3) is 0 Å². The Morgan fingerprint density at radius 3 is 2.50 bits per heavy atom. The van der Waals surface area contributed by atoms with E-state index in [0.717, 1.165) is 0 Å². The first-order chi connectivity index (χ1) is 9.43. The summed E-state index contributed by atoms with van der Waals surface area (Å²) in [6, 6.07) is 7.79. The van der Waals surface area contributed by atoms with Crippen LogP contribution < -0.4 is 4.74 Å². The molecule has 1 nitrogen and oxygen atoms in total. The first-order valence-corrected chi connectivity index (χ1v) is 7.54. The summed E-state index contributed by atoms with van der Waals surface area (Å²) in [5.74, 6) is 0.0502. The molecule has 0 amide bonds. The largest absolute Gasteiger partial charge is 0.496 e. The molecule has 1 unspecified atom stereocenters. The van der Waals surface area contributed by atoms with E-state index in [0.29, 0.717) is 25.8 Å². The van der Waals surface area contributed by atoms with Crippen LogP contribution in [0.2, 0.25) is 10.0 Å². The first-order valence-electron chi connectivity index (χ1n) is 5.56. The Kier molecular flexibility index (Phi) is 5.19. The van der Waals surface area contributed by atoms with E-state index in [1.165, 1.54) is 19.2 Å². The smallest absolute Gasteiger partial charge is 0.129 e. The number of hydrogen-bond donors (Lipinski definition) is 0. The van der Waals surface area contributed by atoms with Gasteiger partial charge in [0.15, 0.2) is 0 Å². The van der Waals surface area contributed by atoms with Gasteiger partial charge in [-0.25, -0.2) is 4.39 Å². The highest BCUT2D eigenvalue weighted by Gasteiger charge is 2.20. The molecule has 0 radical (unpaired) electrons. The number of hydrogen-bond acceptors (Lipinski definition) is 1. The average molecular weight is 398 g/mol. The van der Waals surface area contributed by atoms with E-state index in [9.17, 15) is 4.39 Å². The minimum absolute atomic E-state index is 0.278. The number of halogens is 5. The fourth-order valence-electron chi connectivity index (χ4n) is 1.79. The van der Waals surface area contributed by atoms with Gasteiger partial charge in [-0.05, 0) is 40.2 Å². The third kappa shape index (κ3) is 3.22. The van der Waals surface area contributed by atoms with Crippen LogP contribution in [-0.2, 0) is 0 Å². The minimum atomic E-state index is -0.729. The van der Waals surface area contributed by atoms with Gasteiger partial charge in [-0.1, -0.05) is 29.3 Å². The van der Waals surface area contributed by atoms with Crippen LogP contribution in [-0.4, -0.2) is 7.11 Å². The maximum atomic E-state index is 14.0. The average Bonchev–Trinajstić information content (AvgIpc) is 2.42. The van der Waals surface area contributed by atoms with Gasteiger partial charge in [0.1, 0.15) is 11.6 Å². The maximum absolute atomic E-state index is 14.0. The standard InChI is InChI=1S/C14H9BrCl3FO/c1-20-13-4-7(16)2-3-8(13)14(18)9-5-11(17)10(15)6-12(9)19/h2-6,14H,1H3. The van der Waals surface area contributed by atoms with Crippen LogP contribution in [0.4, 0.5) is 4.39 Å². The summed E-state index contributed by atoms with van der Waals surface area (Å²) in [6.45, 7) is 0. The molecule has 2 rings (SSSR count). The third-order valence-electron chi connectivity index (χ3n) is 2.78. The zero-order valence-electron chi connectivity index (χ0n) is 10.3. The summed E-state index contributed by atoms with van der Waals surface area (Å²) in [7, 11) is 1.50. The number of ether oxygens (including phenoxy) is 1. The summed E-state index contributed by atoms with van der Waals surface area (Å²) in [4.78, 5) is 0. The zero-order chi connectivity index (χ0) is 14.9. The molecule has 0 aliphatic heterocycles. The van der Waals surface area contributed by atoms with Crippen LogP contribution in [0.15, 0.2) is 34.8 Å². The normalized spacial score (nSPS) is 12.3. The molecule has 0 saturated heterocycles. The van der Waals surface area contributed by atoms with Crippen LogP contribution in [0, 0.1) is 5.82 Å². The predicted molar refractivity (Wildman–Crippen MR) is 84.8 cm³/mol. The van der Waals surface area contributed by atoms with Crippen LogP contribution in [0.5, 0.6) is 5.75 Å². The first kappa shape index (κ1) is 15.9. The summed E-state index contributed by atoms with van der Waals surface area (Å²) >= 11 is 21.4. The fourth-order valence-corrected chi connectivity index (χ4v) is 2.79. The van der Waals surface area contributed by atoms with Crippen molar-refractivity contribution in [2.75, 3.05) is 7.11 Å². The highest BCUT2D eigenvalue weighted by Crippen LogP contribution is 2.39. The number of rotatable bonds is 3. The molecule has 0 aliphatic carbocycles. The van der Waals surface area contributed by atoms with Gasteiger partial charge < -0.3 is 4.74 Å². The van der Waals surface area contributed by atoms with Crippen molar-refractivity contribution >= 4 is 50.7 Å². The van der Waals surface area contributed by atoms with Crippen molar-refractivity contribution in [2.24, 2.45) is 0 Å². The van der Waals surface area contributed by atoms with Gasteiger partial charge >= 0.3 is 0 Å². The Labute approximate surface area is 139 Å². The van der Waals surface area contributed by atoms with Gasteiger partial charge in [-0.2, -0.15) is 0 Å². The lowest BCUT2D eigenvalue weighted by Gasteiger charge is -2.16. The molecule has 2 aromatic rings. The Balaban J connectivity index is 2.51. The Bertz CT molecular complexity index is 649. The molecule has 0 N–H and O–H groups in total. The second kappa shape index (κ2) is 6.52. The SMILES string of the molecule is COc1cc(Cl)ccc1C(Cl)c1cc(Cl)c(Br)cc1F. The highest BCUT2D eigenvalue weighted by molar-refractivity contribution is 9.10. The monoisotopic (exact) mass is 396 g/mol. The summed E-state index contributed by atoms with van der Waals surface area (Å²) in [6.07, 6.45) is 0. The predicted octanol–water partition coefficient (Wildman–Crippen LogP) is 6.23. The Hall–Kier alpha value is -0.480. The number of alkyl halides is 1. The van der Waals surface area contributed by atoms with Crippen molar-refractivity contribution in [3.05, 3.63) is 61.8 Å². The molecule has 0 bridgehead atoms. The van der Waals surface area contributed by atoms with Crippen molar-refractivity contribution < 1.29 is 9.13 Å². The second-order valence-corrected chi connectivity index (χ2v) is 6.17. The lowest BCUT2D eigenvalue weighted by molar-refractivity contribution is 0.410. The van der Waals surface area contributed by atoms with Gasteiger partial charge in [0.2, 0.25) is 0 Å². The van der Waals surface area contributed by atoms with E-state index in [4.69, 9.17) is 39.5 Å². The fraction of sp³-hybridized carbons (Fsp3) is 0.143. The molecule has 2 aromatic carbocycles. The van der Waals surface area contributed by atoms with Crippen molar-refractivity contribution in [1.82, 2.24) is 0 Å². The molecule has 0 heterocycles. The van der Waals surface area contributed by atoms with E-state index in [-0.39, 0.29) is 5.56 Å². The Morgan fingerprint density at radius 2 is 1.85 bits per heavy atom. The molecule has 0 fully saturated rings. The molecular formula is C14H9BrCl3FO. The highest BCUT2D eigenvalue weighted by atomic mass is 79.9. The Morgan fingerprint density at radius 1 is 1.15 bits per heavy atom. The quantitative estimate of drug-likeness (QED) is 0.440. The summed E-state index contributed by atoms with van der Waals surface area (Å²) < 4.78 is 19.7. The van der Waals surface area contributed by atoms with Crippen LogP contribution in [0.1, 0.15) is 16.5 Å². The summed E-state index contributed by atoms with van der Waals surface area (Å²) in [5.41, 5.74) is 0.899.